The number of rotatable bonds is 3. The predicted molar refractivity (Wildman–Crippen MR) is 74.1 cm³/mol. The van der Waals surface area contributed by atoms with Crippen molar-refractivity contribution in [2.45, 2.75) is 17.1 Å². The second-order valence-electron chi connectivity index (χ2n) is 4.20. The Bertz CT molecular complexity index is 618. The molecule has 0 aliphatic carbocycles. The second kappa shape index (κ2) is 5.70. The van der Waals surface area contributed by atoms with Gasteiger partial charge in [0.1, 0.15) is 9.77 Å². The second-order valence-corrected chi connectivity index (χ2v) is 8.47. The monoisotopic (exact) mass is 385 g/mol. The SMILES string of the molecule is COC(=O)c1cc(S(=O)(=O)N2C[C@@H](O)[C@@H](O)C2)c(Br)s1. The van der Waals surface area contributed by atoms with E-state index in [9.17, 15) is 23.4 Å². The molecule has 2 atom stereocenters. The number of β-amino-alcohol motifs (C(OH)–C–C–N with tert-alkyl or cyclic N) is 2. The third-order valence-electron chi connectivity index (χ3n) is 2.89. The Morgan fingerprint density at radius 1 is 1.45 bits per heavy atom. The van der Waals surface area contributed by atoms with Crippen LogP contribution < -0.4 is 0 Å². The van der Waals surface area contributed by atoms with Crippen molar-refractivity contribution < 1.29 is 28.2 Å². The van der Waals surface area contributed by atoms with Gasteiger partial charge in [-0.25, -0.2) is 13.2 Å². The maximum absolute atomic E-state index is 12.4. The Balaban J connectivity index is 2.35. The van der Waals surface area contributed by atoms with Gasteiger partial charge in [-0.2, -0.15) is 4.31 Å². The molecule has 0 unspecified atom stereocenters. The van der Waals surface area contributed by atoms with Gasteiger partial charge in [0.25, 0.3) is 0 Å². The van der Waals surface area contributed by atoms with Crippen molar-refractivity contribution in [3.8, 4) is 0 Å². The topological polar surface area (TPSA) is 104 Å². The number of carbonyl (C=O) groups excluding carboxylic acids is 1. The number of halogens is 1. The molecule has 2 rings (SSSR count). The summed E-state index contributed by atoms with van der Waals surface area (Å²) in [6.45, 7) is -0.362. The van der Waals surface area contributed by atoms with Gasteiger partial charge in [-0.15, -0.1) is 11.3 Å². The van der Waals surface area contributed by atoms with Crippen LogP contribution in [0.1, 0.15) is 9.67 Å². The van der Waals surface area contributed by atoms with Crippen LogP contribution in [-0.4, -0.2) is 61.3 Å². The van der Waals surface area contributed by atoms with Crippen LogP contribution in [0, 0.1) is 0 Å². The van der Waals surface area contributed by atoms with Gasteiger partial charge in [-0.05, 0) is 22.0 Å². The lowest BCUT2D eigenvalue weighted by Crippen LogP contribution is -2.29. The molecule has 0 spiro atoms. The molecule has 0 bridgehead atoms. The zero-order chi connectivity index (χ0) is 15.1. The van der Waals surface area contributed by atoms with Crippen LogP contribution in [0.5, 0.6) is 0 Å². The highest BCUT2D eigenvalue weighted by atomic mass is 79.9. The molecule has 0 radical (unpaired) electrons. The van der Waals surface area contributed by atoms with Gasteiger partial charge in [0.15, 0.2) is 0 Å². The Hall–Kier alpha value is -0.520. The predicted octanol–water partition coefficient (Wildman–Crippen LogP) is 0.0233. The molecule has 2 heterocycles. The van der Waals surface area contributed by atoms with Crippen molar-refractivity contribution in [3.05, 3.63) is 14.7 Å². The van der Waals surface area contributed by atoms with E-state index in [1.807, 2.05) is 0 Å². The molecular weight excluding hydrogens is 374 g/mol. The van der Waals surface area contributed by atoms with E-state index in [4.69, 9.17) is 0 Å². The van der Waals surface area contributed by atoms with E-state index in [-0.39, 0.29) is 26.6 Å². The minimum Gasteiger partial charge on any atom is -0.465 e. The largest absolute Gasteiger partial charge is 0.465 e. The Kier molecular flexibility index (Phi) is 4.52. The molecule has 10 heteroatoms. The van der Waals surface area contributed by atoms with E-state index in [0.29, 0.717) is 0 Å². The third kappa shape index (κ3) is 2.76. The minimum absolute atomic E-state index is 0.0794. The first kappa shape index (κ1) is 15.9. The van der Waals surface area contributed by atoms with Gasteiger partial charge in [0, 0.05) is 13.1 Å². The van der Waals surface area contributed by atoms with Gasteiger partial charge in [-0.1, -0.05) is 0 Å². The van der Waals surface area contributed by atoms with Gasteiger partial charge >= 0.3 is 5.97 Å². The number of aliphatic hydroxyl groups is 2. The fraction of sp³-hybridized carbons (Fsp3) is 0.500. The summed E-state index contributed by atoms with van der Waals surface area (Å²) in [7, 11) is -2.68. The number of hydrogen-bond acceptors (Lipinski definition) is 7. The van der Waals surface area contributed by atoms with Gasteiger partial charge < -0.3 is 14.9 Å². The van der Waals surface area contributed by atoms with E-state index < -0.39 is 28.2 Å². The number of methoxy groups -OCH3 is 1. The number of thiophene rings is 1. The van der Waals surface area contributed by atoms with Crippen molar-refractivity contribution in [2.24, 2.45) is 0 Å². The first-order chi connectivity index (χ1) is 9.27. The van der Waals surface area contributed by atoms with Gasteiger partial charge in [0.05, 0.1) is 23.1 Å². The molecule has 1 aromatic rings. The van der Waals surface area contributed by atoms with Gasteiger partial charge in [0.2, 0.25) is 10.0 Å². The lowest BCUT2D eigenvalue weighted by molar-refractivity contribution is 0.0572. The first-order valence-corrected chi connectivity index (χ1v) is 8.56. The highest BCUT2D eigenvalue weighted by Gasteiger charge is 2.39. The van der Waals surface area contributed by atoms with E-state index in [2.05, 4.69) is 20.7 Å². The number of carbonyl (C=O) groups is 1. The van der Waals surface area contributed by atoms with Crippen LogP contribution in [0.25, 0.3) is 0 Å². The Labute approximate surface area is 128 Å². The molecular formula is C10H12BrNO6S2. The van der Waals surface area contributed by atoms with E-state index in [1.165, 1.54) is 13.2 Å². The number of nitrogens with zero attached hydrogens (tertiary/aromatic N) is 1. The molecule has 1 saturated heterocycles. The smallest absolute Gasteiger partial charge is 0.348 e. The fourth-order valence-electron chi connectivity index (χ4n) is 1.80. The average Bonchev–Trinajstić information content (AvgIpc) is 2.93. The van der Waals surface area contributed by atoms with Crippen molar-refractivity contribution >= 4 is 43.3 Å². The normalized spacial score (nSPS) is 24.0. The molecule has 0 saturated carbocycles. The van der Waals surface area contributed by atoms with Gasteiger partial charge in [-0.3, -0.25) is 0 Å². The van der Waals surface area contributed by atoms with E-state index in [0.717, 1.165) is 15.6 Å². The number of hydrogen-bond donors (Lipinski definition) is 2. The molecule has 20 heavy (non-hydrogen) atoms. The zero-order valence-electron chi connectivity index (χ0n) is 10.3. The third-order valence-corrected chi connectivity index (χ3v) is 6.95. The number of ether oxygens (including phenoxy) is 1. The lowest BCUT2D eigenvalue weighted by atomic mass is 10.3. The van der Waals surface area contributed by atoms with Crippen molar-refractivity contribution in [1.82, 2.24) is 4.31 Å². The molecule has 1 aromatic heterocycles. The molecule has 112 valence electrons. The average molecular weight is 386 g/mol. The van der Waals surface area contributed by atoms with E-state index >= 15 is 0 Å². The molecule has 1 fully saturated rings. The summed E-state index contributed by atoms with van der Waals surface area (Å²) < 4.78 is 30.6. The standard InChI is InChI=1S/C10H12BrNO6S2/c1-18-10(15)7-2-8(9(11)19-7)20(16,17)12-3-5(13)6(14)4-12/h2,5-6,13-14H,3-4H2,1H3/t5-,6+. The van der Waals surface area contributed by atoms with E-state index in [1.54, 1.807) is 0 Å². The number of esters is 1. The number of sulfonamides is 1. The minimum atomic E-state index is -3.89. The van der Waals surface area contributed by atoms with Crippen LogP contribution in [0.4, 0.5) is 0 Å². The summed E-state index contributed by atoms with van der Waals surface area (Å²) in [6, 6.07) is 1.22. The highest BCUT2D eigenvalue weighted by molar-refractivity contribution is 9.11. The highest BCUT2D eigenvalue weighted by Crippen LogP contribution is 2.34. The summed E-state index contributed by atoms with van der Waals surface area (Å²) in [4.78, 5) is 11.5. The molecule has 7 nitrogen and oxygen atoms in total. The quantitative estimate of drug-likeness (QED) is 0.710. The maximum atomic E-state index is 12.4. The summed E-state index contributed by atoms with van der Waals surface area (Å²) in [5, 5.41) is 18.9. The zero-order valence-corrected chi connectivity index (χ0v) is 13.5. The fourth-order valence-corrected chi connectivity index (χ4v) is 5.71. The molecule has 1 aliphatic rings. The van der Waals surface area contributed by atoms with Crippen molar-refractivity contribution in [2.75, 3.05) is 20.2 Å². The maximum Gasteiger partial charge on any atom is 0.348 e. The number of aliphatic hydroxyl groups excluding tert-OH is 2. The Morgan fingerprint density at radius 3 is 2.50 bits per heavy atom. The first-order valence-electron chi connectivity index (χ1n) is 5.51. The summed E-state index contributed by atoms with van der Waals surface area (Å²) >= 11 is 4.05. The van der Waals surface area contributed by atoms with Crippen molar-refractivity contribution in [1.29, 1.82) is 0 Å². The van der Waals surface area contributed by atoms with Crippen LogP contribution in [0.15, 0.2) is 14.7 Å². The van der Waals surface area contributed by atoms with Crippen molar-refractivity contribution in [3.63, 3.8) is 0 Å². The molecule has 1 aliphatic heterocycles. The molecule has 2 N–H and O–H groups in total. The molecule has 0 amide bonds. The lowest BCUT2D eigenvalue weighted by Gasteiger charge is -2.14. The summed E-state index contributed by atoms with van der Waals surface area (Å²) in [6.07, 6.45) is -2.22. The van der Waals surface area contributed by atoms with Crippen LogP contribution >= 0.6 is 27.3 Å². The summed E-state index contributed by atoms with van der Waals surface area (Å²) in [5.74, 6) is -0.626. The Morgan fingerprint density at radius 2 is 2.00 bits per heavy atom. The van der Waals surface area contributed by atoms with Crippen LogP contribution in [0.2, 0.25) is 0 Å². The van der Waals surface area contributed by atoms with Crippen LogP contribution in [0.3, 0.4) is 0 Å². The summed E-state index contributed by atoms with van der Waals surface area (Å²) in [5.41, 5.74) is 0. The van der Waals surface area contributed by atoms with Crippen LogP contribution in [-0.2, 0) is 14.8 Å². The molecule has 0 aromatic carbocycles.